The number of carbonyl (C=O) groups is 1. The number of ether oxygens (including phenoxy) is 2. The highest BCUT2D eigenvalue weighted by Crippen LogP contribution is 2.30. The highest BCUT2D eigenvalue weighted by molar-refractivity contribution is 7.89. The first-order valence-electron chi connectivity index (χ1n) is 7.86. The van der Waals surface area contributed by atoms with Crippen LogP contribution in [0.15, 0.2) is 23.1 Å². The number of piperazine rings is 1. The van der Waals surface area contributed by atoms with Gasteiger partial charge in [-0.25, -0.2) is 13.2 Å². The molecule has 1 aromatic rings. The van der Waals surface area contributed by atoms with Crippen LogP contribution < -0.4 is 4.74 Å². The molecule has 25 heavy (non-hydrogen) atoms. The zero-order chi connectivity index (χ0) is 18.8. The zero-order valence-electron chi connectivity index (χ0n) is 14.8. The maximum Gasteiger partial charge on any atom is 0.410 e. The van der Waals surface area contributed by atoms with E-state index in [4.69, 9.17) is 21.1 Å². The lowest BCUT2D eigenvalue weighted by Crippen LogP contribution is -2.51. The summed E-state index contributed by atoms with van der Waals surface area (Å²) in [7, 11) is -2.36. The van der Waals surface area contributed by atoms with Gasteiger partial charge in [0, 0.05) is 31.2 Å². The van der Waals surface area contributed by atoms with Crippen molar-refractivity contribution in [3.63, 3.8) is 0 Å². The molecule has 0 atom stereocenters. The maximum atomic E-state index is 12.9. The molecule has 1 aliphatic rings. The quantitative estimate of drug-likeness (QED) is 0.792. The van der Waals surface area contributed by atoms with Gasteiger partial charge in [-0.1, -0.05) is 11.6 Å². The van der Waals surface area contributed by atoms with Crippen molar-refractivity contribution in [2.45, 2.75) is 31.3 Å². The molecule has 2 rings (SSSR count). The highest BCUT2D eigenvalue weighted by atomic mass is 35.5. The van der Waals surface area contributed by atoms with Crippen molar-refractivity contribution >= 4 is 27.7 Å². The van der Waals surface area contributed by atoms with Gasteiger partial charge >= 0.3 is 6.09 Å². The van der Waals surface area contributed by atoms with Crippen molar-refractivity contribution in [2.24, 2.45) is 0 Å². The van der Waals surface area contributed by atoms with Crippen molar-refractivity contribution in [1.29, 1.82) is 0 Å². The van der Waals surface area contributed by atoms with Gasteiger partial charge in [0.05, 0.1) is 7.11 Å². The number of benzene rings is 1. The third kappa shape index (κ3) is 4.77. The van der Waals surface area contributed by atoms with E-state index >= 15 is 0 Å². The van der Waals surface area contributed by atoms with Crippen LogP contribution in [0.2, 0.25) is 5.02 Å². The summed E-state index contributed by atoms with van der Waals surface area (Å²) in [5.74, 6) is 0.235. The fourth-order valence-corrected chi connectivity index (χ4v) is 4.27. The summed E-state index contributed by atoms with van der Waals surface area (Å²) in [5.41, 5.74) is -0.589. The second-order valence-corrected chi connectivity index (χ2v) is 9.01. The molecule has 0 aromatic heterocycles. The summed E-state index contributed by atoms with van der Waals surface area (Å²) >= 11 is 5.94. The monoisotopic (exact) mass is 390 g/mol. The molecule has 1 aromatic carbocycles. The molecule has 1 fully saturated rings. The van der Waals surface area contributed by atoms with Gasteiger partial charge in [-0.3, -0.25) is 0 Å². The van der Waals surface area contributed by atoms with Crippen LogP contribution in [0.5, 0.6) is 5.75 Å². The fraction of sp³-hybridized carbons (Fsp3) is 0.562. The van der Waals surface area contributed by atoms with Gasteiger partial charge < -0.3 is 14.4 Å². The van der Waals surface area contributed by atoms with Crippen LogP contribution in [0.3, 0.4) is 0 Å². The van der Waals surface area contributed by atoms with Crippen LogP contribution in [0.1, 0.15) is 20.8 Å². The third-order valence-corrected chi connectivity index (χ3v) is 5.79. The van der Waals surface area contributed by atoms with E-state index in [0.717, 1.165) is 0 Å². The Morgan fingerprint density at radius 2 is 1.76 bits per heavy atom. The Morgan fingerprint density at radius 1 is 1.16 bits per heavy atom. The molecule has 0 N–H and O–H groups in total. The molecule has 0 aliphatic carbocycles. The van der Waals surface area contributed by atoms with Gasteiger partial charge in [-0.2, -0.15) is 4.31 Å². The first kappa shape index (κ1) is 19.8. The van der Waals surface area contributed by atoms with Crippen LogP contribution in [-0.4, -0.2) is 62.6 Å². The van der Waals surface area contributed by atoms with Crippen LogP contribution in [0.4, 0.5) is 4.79 Å². The van der Waals surface area contributed by atoms with Crippen LogP contribution in [0.25, 0.3) is 0 Å². The lowest BCUT2D eigenvalue weighted by Gasteiger charge is -2.35. The Morgan fingerprint density at radius 3 is 2.28 bits per heavy atom. The topological polar surface area (TPSA) is 76.2 Å². The van der Waals surface area contributed by atoms with E-state index in [2.05, 4.69) is 0 Å². The Labute approximate surface area is 153 Å². The molecule has 1 aliphatic heterocycles. The predicted molar refractivity (Wildman–Crippen MR) is 94.6 cm³/mol. The smallest absolute Gasteiger partial charge is 0.410 e. The number of methoxy groups -OCH3 is 1. The first-order chi connectivity index (χ1) is 11.5. The normalized spacial score (nSPS) is 16.6. The lowest BCUT2D eigenvalue weighted by molar-refractivity contribution is 0.0192. The van der Waals surface area contributed by atoms with Crippen LogP contribution in [-0.2, 0) is 14.8 Å². The number of halogens is 1. The molecule has 0 radical (unpaired) electrons. The summed E-state index contributed by atoms with van der Waals surface area (Å²) in [6, 6.07) is 4.46. The SMILES string of the molecule is COc1ccc(Cl)cc1S(=O)(=O)N1CCN(C(=O)OC(C)(C)C)CC1. The van der Waals surface area contributed by atoms with E-state index in [1.165, 1.54) is 28.4 Å². The molecule has 1 amide bonds. The fourth-order valence-electron chi connectivity index (χ4n) is 2.43. The van der Waals surface area contributed by atoms with E-state index in [1.54, 1.807) is 26.8 Å². The van der Waals surface area contributed by atoms with Gasteiger partial charge in [0.15, 0.2) is 0 Å². The number of hydrogen-bond donors (Lipinski definition) is 0. The summed E-state index contributed by atoms with van der Waals surface area (Å²) in [5, 5.41) is 0.312. The Kier molecular flexibility index (Phi) is 5.86. The van der Waals surface area contributed by atoms with Crippen LogP contribution in [0, 0.1) is 0 Å². The lowest BCUT2D eigenvalue weighted by atomic mass is 10.2. The third-order valence-electron chi connectivity index (χ3n) is 3.63. The Bertz CT molecular complexity index is 737. The van der Waals surface area contributed by atoms with E-state index in [0.29, 0.717) is 5.02 Å². The van der Waals surface area contributed by atoms with Crippen molar-refractivity contribution < 1.29 is 22.7 Å². The van der Waals surface area contributed by atoms with Gasteiger partial charge in [-0.05, 0) is 39.0 Å². The molecule has 1 saturated heterocycles. The molecule has 0 bridgehead atoms. The molecule has 140 valence electrons. The van der Waals surface area contributed by atoms with E-state index < -0.39 is 21.7 Å². The van der Waals surface area contributed by atoms with Gasteiger partial charge in [0.2, 0.25) is 10.0 Å². The number of carbonyl (C=O) groups excluding carboxylic acids is 1. The second-order valence-electron chi connectivity index (χ2n) is 6.67. The van der Waals surface area contributed by atoms with Gasteiger partial charge in [0.1, 0.15) is 16.2 Å². The van der Waals surface area contributed by atoms with E-state index in [1.807, 2.05) is 0 Å². The molecule has 0 spiro atoms. The molecule has 9 heteroatoms. The average molecular weight is 391 g/mol. The number of hydrogen-bond acceptors (Lipinski definition) is 5. The minimum atomic E-state index is -3.77. The number of amides is 1. The predicted octanol–water partition coefficient (Wildman–Crippen LogP) is 2.59. The largest absolute Gasteiger partial charge is 0.495 e. The molecule has 0 unspecified atom stereocenters. The molecule has 7 nitrogen and oxygen atoms in total. The summed E-state index contributed by atoms with van der Waals surface area (Å²) < 4.78 is 37.5. The standard InChI is InChI=1S/C16H23ClN2O5S/c1-16(2,3)24-15(20)18-7-9-19(10-8-18)25(21,22)14-11-12(17)5-6-13(14)23-4/h5-6,11H,7-10H2,1-4H3. The summed E-state index contributed by atoms with van der Waals surface area (Å²) in [6.07, 6.45) is -0.440. The minimum absolute atomic E-state index is 0.0215. The van der Waals surface area contributed by atoms with Gasteiger partial charge in [0.25, 0.3) is 0 Å². The molecular formula is C16H23ClN2O5S. The Hall–Kier alpha value is -1.51. The van der Waals surface area contributed by atoms with Crippen molar-refractivity contribution in [3.8, 4) is 5.75 Å². The summed E-state index contributed by atoms with van der Waals surface area (Å²) in [4.78, 5) is 13.6. The van der Waals surface area contributed by atoms with Crippen molar-refractivity contribution in [2.75, 3.05) is 33.3 Å². The molecular weight excluding hydrogens is 368 g/mol. The molecule has 1 heterocycles. The first-order valence-corrected chi connectivity index (χ1v) is 9.68. The van der Waals surface area contributed by atoms with Crippen molar-refractivity contribution in [1.82, 2.24) is 9.21 Å². The number of nitrogens with zero attached hydrogens (tertiary/aromatic N) is 2. The number of rotatable bonds is 3. The zero-order valence-corrected chi connectivity index (χ0v) is 16.4. The minimum Gasteiger partial charge on any atom is -0.495 e. The van der Waals surface area contributed by atoms with Gasteiger partial charge in [-0.15, -0.1) is 0 Å². The van der Waals surface area contributed by atoms with Crippen molar-refractivity contribution in [3.05, 3.63) is 23.2 Å². The van der Waals surface area contributed by atoms with E-state index in [-0.39, 0.29) is 36.8 Å². The van der Waals surface area contributed by atoms with Crippen LogP contribution >= 0.6 is 11.6 Å². The molecule has 0 saturated carbocycles. The average Bonchev–Trinajstić information content (AvgIpc) is 2.53. The summed E-state index contributed by atoms with van der Waals surface area (Å²) in [6.45, 7) is 6.24. The Balaban J connectivity index is 2.12. The highest BCUT2D eigenvalue weighted by Gasteiger charge is 2.33. The maximum absolute atomic E-state index is 12.9. The van der Waals surface area contributed by atoms with E-state index in [9.17, 15) is 13.2 Å². The number of sulfonamides is 1. The second kappa shape index (κ2) is 7.39.